The fourth-order valence-electron chi connectivity index (χ4n) is 10.5. The Bertz CT molecular complexity index is 980. The third-order valence-electron chi connectivity index (χ3n) is 11.9. The summed E-state index contributed by atoms with van der Waals surface area (Å²) in [7, 11) is 1.71. The number of carboxylic acid groups (broad SMARTS) is 1. The summed E-state index contributed by atoms with van der Waals surface area (Å²) < 4.78 is 31.4. The zero-order valence-corrected chi connectivity index (χ0v) is 24.6. The van der Waals surface area contributed by atoms with Crippen LogP contribution >= 0.6 is 12.6 Å². The first-order valence-electron chi connectivity index (χ1n) is 14.7. The molecule has 8 heteroatoms. The minimum atomic E-state index is -1.09. The van der Waals surface area contributed by atoms with Gasteiger partial charge in [0.25, 0.3) is 0 Å². The number of hydrogen-bond donors (Lipinski definition) is 2. The van der Waals surface area contributed by atoms with E-state index in [9.17, 15) is 9.90 Å². The van der Waals surface area contributed by atoms with Gasteiger partial charge in [-0.3, -0.25) is 4.79 Å². The van der Waals surface area contributed by atoms with Gasteiger partial charge in [-0.2, -0.15) is 12.6 Å². The number of ether oxygens (including phenoxy) is 5. The molecule has 0 aromatic heterocycles. The van der Waals surface area contributed by atoms with Crippen molar-refractivity contribution in [3.63, 3.8) is 0 Å². The van der Waals surface area contributed by atoms with Gasteiger partial charge in [-0.1, -0.05) is 45.8 Å². The Morgan fingerprint density at radius 3 is 2.53 bits per heavy atom. The minimum absolute atomic E-state index is 0.0585. The van der Waals surface area contributed by atoms with Crippen LogP contribution in [-0.2, 0) is 28.5 Å². The van der Waals surface area contributed by atoms with Gasteiger partial charge in [0.15, 0.2) is 12.6 Å². The zero-order valence-electron chi connectivity index (χ0n) is 23.7. The van der Waals surface area contributed by atoms with Crippen molar-refractivity contribution in [3.05, 3.63) is 11.6 Å². The van der Waals surface area contributed by atoms with Crippen molar-refractivity contribution in [2.24, 2.45) is 51.8 Å². The van der Waals surface area contributed by atoms with Gasteiger partial charge in [0.2, 0.25) is 0 Å². The topological polar surface area (TPSA) is 83.5 Å². The molecule has 6 rings (SSSR count). The quantitative estimate of drug-likeness (QED) is 0.348. The van der Waals surface area contributed by atoms with E-state index in [2.05, 4.69) is 33.8 Å². The number of fused-ring (bicyclic) bond motifs is 2. The van der Waals surface area contributed by atoms with Gasteiger partial charge < -0.3 is 28.8 Å². The Morgan fingerprint density at radius 1 is 1.18 bits per heavy atom. The Hall–Kier alpha value is -0.640. The summed E-state index contributed by atoms with van der Waals surface area (Å²) in [6.45, 7) is 12.2. The second-order valence-corrected chi connectivity index (χ2v) is 14.1. The minimum Gasteiger partial charge on any atom is -0.481 e. The van der Waals surface area contributed by atoms with Crippen LogP contribution < -0.4 is 0 Å². The summed E-state index contributed by atoms with van der Waals surface area (Å²) in [6.07, 6.45) is 4.91. The highest BCUT2D eigenvalue weighted by molar-refractivity contribution is 7.81. The lowest BCUT2D eigenvalue weighted by Gasteiger charge is -2.61. The molecule has 2 heterocycles. The molecule has 0 amide bonds. The molecule has 38 heavy (non-hydrogen) atoms. The molecule has 1 N–H and O–H groups in total. The van der Waals surface area contributed by atoms with Crippen molar-refractivity contribution in [1.82, 2.24) is 0 Å². The molecule has 7 unspecified atom stereocenters. The molecule has 214 valence electrons. The maximum Gasteiger partial charge on any atom is 0.315 e. The molecule has 12 atom stereocenters. The van der Waals surface area contributed by atoms with Gasteiger partial charge in [-0.05, 0) is 55.8 Å². The Labute approximate surface area is 232 Å². The van der Waals surface area contributed by atoms with E-state index in [4.69, 9.17) is 36.3 Å². The molecule has 0 aromatic carbocycles. The molecule has 4 bridgehead atoms. The SMILES string of the molecule is CO[C@H]1[C@H](C)[C@@H](S)[C@H](OCC23CC4C(C)CCC4C4(C5OCCO5)CC2C=C(C(C)C)C34C(=O)O)O[C@@H]1C. The van der Waals surface area contributed by atoms with Crippen LogP contribution in [0.2, 0.25) is 0 Å². The van der Waals surface area contributed by atoms with Crippen LogP contribution in [0.3, 0.4) is 0 Å². The fourth-order valence-corrected chi connectivity index (χ4v) is 10.9. The predicted molar refractivity (Wildman–Crippen MR) is 145 cm³/mol. The van der Waals surface area contributed by atoms with Crippen molar-refractivity contribution in [1.29, 1.82) is 0 Å². The Kier molecular flexibility index (Phi) is 6.85. The normalized spacial score (nSPS) is 52.0. The summed E-state index contributed by atoms with van der Waals surface area (Å²) >= 11 is 4.91. The summed E-state index contributed by atoms with van der Waals surface area (Å²) in [5.41, 5.74) is -1.21. The molecule has 6 aliphatic rings. The van der Waals surface area contributed by atoms with E-state index < -0.39 is 34.8 Å². The second-order valence-electron chi connectivity index (χ2n) is 13.5. The van der Waals surface area contributed by atoms with E-state index >= 15 is 0 Å². The number of carboxylic acids is 1. The lowest BCUT2D eigenvalue weighted by atomic mass is 9.42. The highest BCUT2D eigenvalue weighted by Gasteiger charge is 2.86. The van der Waals surface area contributed by atoms with Gasteiger partial charge in [-0.25, -0.2) is 0 Å². The number of carbonyl (C=O) groups is 1. The molecular weight excluding hydrogens is 504 g/mol. The molecule has 0 radical (unpaired) electrons. The molecule has 2 aliphatic heterocycles. The van der Waals surface area contributed by atoms with E-state index in [0.717, 1.165) is 31.3 Å². The molecular formula is C30H46O7S. The number of thiol groups is 1. The van der Waals surface area contributed by atoms with Gasteiger partial charge in [-0.15, -0.1) is 0 Å². The number of allylic oxidation sites excluding steroid dienone is 1. The Morgan fingerprint density at radius 2 is 1.89 bits per heavy atom. The first-order valence-corrected chi connectivity index (χ1v) is 15.2. The Balaban J connectivity index is 1.45. The van der Waals surface area contributed by atoms with Crippen molar-refractivity contribution in [3.8, 4) is 0 Å². The van der Waals surface area contributed by atoms with Crippen LogP contribution in [-0.4, -0.2) is 68.0 Å². The van der Waals surface area contributed by atoms with Gasteiger partial charge in [0, 0.05) is 23.9 Å². The van der Waals surface area contributed by atoms with E-state index in [1.165, 1.54) is 0 Å². The number of hydrogen-bond acceptors (Lipinski definition) is 7. The van der Waals surface area contributed by atoms with Crippen molar-refractivity contribution >= 4 is 18.6 Å². The second kappa shape index (κ2) is 9.45. The molecule has 0 aromatic rings. The summed E-state index contributed by atoms with van der Waals surface area (Å²) in [4.78, 5) is 14.0. The van der Waals surface area contributed by atoms with E-state index in [-0.39, 0.29) is 41.1 Å². The van der Waals surface area contributed by atoms with Crippen LogP contribution in [0.25, 0.3) is 0 Å². The van der Waals surface area contributed by atoms with Gasteiger partial charge in [0.1, 0.15) is 5.41 Å². The smallest absolute Gasteiger partial charge is 0.315 e. The fraction of sp³-hybridized carbons (Fsp3) is 0.900. The van der Waals surface area contributed by atoms with Crippen LogP contribution in [0.15, 0.2) is 11.6 Å². The monoisotopic (exact) mass is 550 g/mol. The van der Waals surface area contributed by atoms with Crippen LogP contribution in [0.5, 0.6) is 0 Å². The van der Waals surface area contributed by atoms with Gasteiger partial charge in [0.05, 0.1) is 37.3 Å². The first kappa shape index (κ1) is 27.5. The predicted octanol–water partition coefficient (Wildman–Crippen LogP) is 4.80. The number of rotatable bonds is 7. The van der Waals surface area contributed by atoms with E-state index in [1.54, 1.807) is 7.11 Å². The molecule has 2 saturated heterocycles. The lowest BCUT2D eigenvalue weighted by molar-refractivity contribution is -0.269. The van der Waals surface area contributed by atoms with Crippen LogP contribution in [0, 0.1) is 51.8 Å². The number of methoxy groups -OCH3 is 1. The van der Waals surface area contributed by atoms with E-state index in [1.807, 2.05) is 6.92 Å². The van der Waals surface area contributed by atoms with Crippen LogP contribution in [0.4, 0.5) is 0 Å². The summed E-state index contributed by atoms with van der Waals surface area (Å²) in [5.74, 6) is 0.853. The molecule has 0 spiro atoms. The maximum atomic E-state index is 14.0. The summed E-state index contributed by atoms with van der Waals surface area (Å²) in [6, 6.07) is 0. The van der Waals surface area contributed by atoms with E-state index in [0.29, 0.717) is 31.7 Å². The van der Waals surface area contributed by atoms with Crippen molar-refractivity contribution in [2.75, 3.05) is 26.9 Å². The number of aliphatic carboxylic acids is 1. The van der Waals surface area contributed by atoms with Crippen molar-refractivity contribution in [2.45, 2.75) is 90.3 Å². The standard InChI is InChI=1S/C30H46O7S/c1-15(2)22-11-19-12-29(27-34-9-10-35-27)21-8-7-16(3)20(21)13-28(19,30(22,29)26(31)32)14-36-25-24(38)17(4)23(33-6)18(5)37-25/h11,15-21,23-25,27,38H,7-10,12-14H2,1-6H3,(H,31,32)/t16?,17-,18+,19?,20?,21?,23-,24+,25+,28?,29?,30?/m0/s1. The summed E-state index contributed by atoms with van der Waals surface area (Å²) in [5, 5.41) is 11.3. The molecule has 4 aliphatic carbocycles. The average molecular weight is 551 g/mol. The highest BCUT2D eigenvalue weighted by atomic mass is 32.1. The largest absolute Gasteiger partial charge is 0.481 e. The first-order chi connectivity index (χ1) is 18.1. The lowest BCUT2D eigenvalue weighted by Crippen LogP contribution is -2.67. The maximum absolute atomic E-state index is 14.0. The highest BCUT2D eigenvalue weighted by Crippen LogP contribution is 2.84. The molecule has 3 saturated carbocycles. The van der Waals surface area contributed by atoms with Crippen LogP contribution in [0.1, 0.15) is 60.3 Å². The third kappa shape index (κ3) is 3.25. The average Bonchev–Trinajstić information content (AvgIpc) is 3.63. The van der Waals surface area contributed by atoms with Crippen molar-refractivity contribution < 1.29 is 33.6 Å². The third-order valence-corrected chi connectivity index (χ3v) is 12.6. The van der Waals surface area contributed by atoms with Gasteiger partial charge >= 0.3 is 5.97 Å². The zero-order chi connectivity index (χ0) is 27.2. The molecule has 7 nitrogen and oxygen atoms in total. The molecule has 5 fully saturated rings.